The van der Waals surface area contributed by atoms with E-state index in [2.05, 4.69) is 94.7 Å². The molecule has 0 spiro atoms. The van der Waals surface area contributed by atoms with Gasteiger partial charge in [-0.2, -0.15) is 0 Å². The van der Waals surface area contributed by atoms with Gasteiger partial charge in [-0.3, -0.25) is 9.98 Å². The molecule has 5 nitrogen and oxygen atoms in total. The second-order valence-electron chi connectivity index (χ2n) is 11.9. The van der Waals surface area contributed by atoms with E-state index in [9.17, 15) is 0 Å². The predicted octanol–water partition coefficient (Wildman–Crippen LogP) is 8.59. The number of aryl methyl sites for hydroxylation is 2. The van der Waals surface area contributed by atoms with Gasteiger partial charge < -0.3 is 14.9 Å². The van der Waals surface area contributed by atoms with Crippen LogP contribution in [0.4, 0.5) is 5.69 Å². The number of rotatable bonds is 10. The van der Waals surface area contributed by atoms with Crippen molar-refractivity contribution in [1.82, 2.24) is 14.5 Å². The van der Waals surface area contributed by atoms with E-state index in [1.807, 2.05) is 0 Å². The van der Waals surface area contributed by atoms with Crippen LogP contribution in [0.3, 0.4) is 0 Å². The number of hydrogen-bond donors (Lipinski definition) is 2. The molecule has 0 saturated heterocycles. The van der Waals surface area contributed by atoms with Gasteiger partial charge in [0.2, 0.25) is 0 Å². The molecule has 214 valence electrons. The van der Waals surface area contributed by atoms with Crippen LogP contribution in [0.1, 0.15) is 62.6 Å². The highest BCUT2D eigenvalue weighted by molar-refractivity contribution is 6.09. The summed E-state index contributed by atoms with van der Waals surface area (Å²) >= 11 is 0. The molecule has 3 heterocycles. The lowest BCUT2D eigenvalue weighted by Gasteiger charge is -2.21. The topological polar surface area (TPSA) is 58.0 Å². The number of aromatic amines is 1. The Morgan fingerprint density at radius 1 is 0.786 bits per heavy atom. The molecule has 2 N–H and O–H groups in total. The molecule has 6 aromatic rings. The summed E-state index contributed by atoms with van der Waals surface area (Å²) in [7, 11) is 2.15. The molecule has 0 atom stereocenters. The first kappa shape index (κ1) is 26.8. The average molecular weight is 556 g/mol. The number of nitrogens with zero attached hydrogens (tertiary/aromatic N) is 3. The van der Waals surface area contributed by atoms with Gasteiger partial charge in [0, 0.05) is 53.2 Å². The minimum absolute atomic E-state index is 0.869. The molecule has 42 heavy (non-hydrogen) atoms. The Labute approximate surface area is 247 Å². The lowest BCUT2D eigenvalue weighted by Crippen LogP contribution is -2.12. The Bertz CT molecular complexity index is 1940. The van der Waals surface area contributed by atoms with Crippen molar-refractivity contribution in [2.75, 3.05) is 18.4 Å². The highest BCUT2D eigenvalue weighted by atomic mass is 15.0. The number of fused-ring (bicyclic) bond motifs is 6. The first-order chi connectivity index (χ1) is 20.8. The van der Waals surface area contributed by atoms with E-state index in [1.54, 1.807) is 0 Å². The summed E-state index contributed by atoms with van der Waals surface area (Å²) in [5.41, 5.74) is 8.79. The number of H-pyrrole nitrogens is 1. The maximum Gasteiger partial charge on any atom is 0.120 e. The number of anilines is 1. The summed E-state index contributed by atoms with van der Waals surface area (Å²) in [4.78, 5) is 13.8. The third-order valence-corrected chi connectivity index (χ3v) is 9.10. The first-order valence-electron chi connectivity index (χ1n) is 15.9. The Hall–Kier alpha value is -4.12. The minimum atomic E-state index is 0.869. The zero-order chi connectivity index (χ0) is 28.3. The smallest absolute Gasteiger partial charge is 0.120 e. The van der Waals surface area contributed by atoms with Crippen molar-refractivity contribution in [2.45, 2.75) is 64.2 Å². The number of para-hydroxylation sites is 3. The van der Waals surface area contributed by atoms with Gasteiger partial charge in [0.05, 0.1) is 21.8 Å². The normalized spacial score (nSPS) is 13.9. The van der Waals surface area contributed by atoms with Gasteiger partial charge in [-0.25, -0.2) is 0 Å². The SMILES string of the molecule is Cn1c2ccccc2c(=NCCCCCCCCNc2c3c(nc4ccccc24)CCCC3)c2c3ccccc3[nH]c21. The molecule has 1 aliphatic carbocycles. The molecule has 0 saturated carbocycles. The maximum atomic E-state index is 5.22. The number of pyridine rings is 2. The molecule has 0 fully saturated rings. The molecule has 0 radical (unpaired) electrons. The molecule has 5 heteroatoms. The van der Waals surface area contributed by atoms with Crippen molar-refractivity contribution in [2.24, 2.45) is 12.0 Å². The van der Waals surface area contributed by atoms with Crippen LogP contribution in [0.2, 0.25) is 0 Å². The number of nitrogens with one attached hydrogen (secondary N) is 2. The Kier molecular flexibility index (Phi) is 7.65. The van der Waals surface area contributed by atoms with Crippen LogP contribution >= 0.6 is 0 Å². The fourth-order valence-electron chi connectivity index (χ4n) is 6.93. The Morgan fingerprint density at radius 2 is 1.50 bits per heavy atom. The molecule has 0 amide bonds. The van der Waals surface area contributed by atoms with E-state index < -0.39 is 0 Å². The number of aromatic nitrogens is 3. The zero-order valence-electron chi connectivity index (χ0n) is 24.8. The van der Waals surface area contributed by atoms with Gasteiger partial charge in [-0.05, 0) is 62.3 Å². The van der Waals surface area contributed by atoms with Crippen LogP contribution in [0.15, 0.2) is 77.8 Å². The van der Waals surface area contributed by atoms with Gasteiger partial charge in [0.15, 0.2) is 0 Å². The second-order valence-corrected chi connectivity index (χ2v) is 11.9. The van der Waals surface area contributed by atoms with Crippen molar-refractivity contribution in [3.05, 3.63) is 89.4 Å². The molecular weight excluding hydrogens is 514 g/mol. The third kappa shape index (κ3) is 5.06. The maximum absolute atomic E-state index is 5.22. The summed E-state index contributed by atoms with van der Waals surface area (Å²) in [6.45, 7) is 1.91. The van der Waals surface area contributed by atoms with Gasteiger partial charge in [0.25, 0.3) is 0 Å². The van der Waals surface area contributed by atoms with E-state index in [0.717, 1.165) is 48.9 Å². The summed E-state index contributed by atoms with van der Waals surface area (Å²) in [6, 6.07) is 25.9. The van der Waals surface area contributed by atoms with Gasteiger partial charge >= 0.3 is 0 Å². The standard InChI is InChI=1S/C37H41N5/c1-42-33-23-13-9-19-29(33)36(34-26-16-6-10-20-30(26)41-37(34)42)39-25-15-5-3-2-4-14-24-38-35-27-17-7-11-21-31(27)40-32-22-12-8-18-28(32)35/h6-7,9-11,13,16-17,19-21,23,41H,2-5,8,12,14-15,18,22,24-25H2,1H3,(H,38,40). The van der Waals surface area contributed by atoms with Gasteiger partial charge in [-0.1, -0.05) is 80.3 Å². The van der Waals surface area contributed by atoms with E-state index in [4.69, 9.17) is 9.98 Å². The molecule has 3 aromatic carbocycles. The van der Waals surface area contributed by atoms with Crippen LogP contribution in [0, 0.1) is 0 Å². The van der Waals surface area contributed by atoms with Crippen molar-refractivity contribution < 1.29 is 0 Å². The molecular formula is C37H41N5. The lowest BCUT2D eigenvalue weighted by molar-refractivity contribution is 0.604. The minimum Gasteiger partial charge on any atom is -0.384 e. The zero-order valence-corrected chi connectivity index (χ0v) is 24.8. The van der Waals surface area contributed by atoms with Crippen molar-refractivity contribution in [3.63, 3.8) is 0 Å². The largest absolute Gasteiger partial charge is 0.384 e. The number of hydrogen-bond acceptors (Lipinski definition) is 3. The summed E-state index contributed by atoms with van der Waals surface area (Å²) in [6.07, 6.45) is 12.2. The summed E-state index contributed by atoms with van der Waals surface area (Å²) < 4.78 is 2.27. The fraction of sp³-hybridized carbons (Fsp3) is 0.351. The molecule has 0 bridgehead atoms. The highest BCUT2D eigenvalue weighted by Crippen LogP contribution is 2.33. The molecule has 7 rings (SSSR count). The van der Waals surface area contributed by atoms with Crippen molar-refractivity contribution in [3.8, 4) is 0 Å². The van der Waals surface area contributed by atoms with E-state index in [0.29, 0.717) is 0 Å². The number of unbranched alkanes of at least 4 members (excludes halogenated alkanes) is 5. The average Bonchev–Trinajstić information content (AvgIpc) is 3.43. The van der Waals surface area contributed by atoms with Crippen molar-refractivity contribution >= 4 is 49.4 Å². The second kappa shape index (κ2) is 12.0. The lowest BCUT2D eigenvalue weighted by atomic mass is 9.92. The molecule has 0 aliphatic heterocycles. The van der Waals surface area contributed by atoms with Crippen molar-refractivity contribution in [1.29, 1.82) is 0 Å². The van der Waals surface area contributed by atoms with Crippen LogP contribution < -0.4 is 10.7 Å². The van der Waals surface area contributed by atoms with E-state index in [-0.39, 0.29) is 0 Å². The first-order valence-corrected chi connectivity index (χ1v) is 15.9. The van der Waals surface area contributed by atoms with Crippen LogP contribution in [-0.2, 0) is 19.9 Å². The molecule has 3 aromatic heterocycles. The van der Waals surface area contributed by atoms with Crippen LogP contribution in [0.5, 0.6) is 0 Å². The third-order valence-electron chi connectivity index (χ3n) is 9.10. The summed E-state index contributed by atoms with van der Waals surface area (Å²) in [5.74, 6) is 0. The molecule has 0 unspecified atom stereocenters. The predicted molar refractivity (Wildman–Crippen MR) is 177 cm³/mol. The van der Waals surface area contributed by atoms with E-state index >= 15 is 0 Å². The monoisotopic (exact) mass is 555 g/mol. The molecule has 1 aliphatic rings. The fourth-order valence-corrected chi connectivity index (χ4v) is 6.93. The summed E-state index contributed by atoms with van der Waals surface area (Å²) in [5, 5.41) is 9.97. The van der Waals surface area contributed by atoms with E-state index in [1.165, 1.54) is 94.5 Å². The highest BCUT2D eigenvalue weighted by Gasteiger charge is 2.18. The van der Waals surface area contributed by atoms with Gasteiger partial charge in [-0.15, -0.1) is 0 Å². The van der Waals surface area contributed by atoms with Gasteiger partial charge in [0.1, 0.15) is 5.65 Å². The Morgan fingerprint density at radius 3 is 2.40 bits per heavy atom. The number of benzene rings is 3. The van der Waals surface area contributed by atoms with Crippen LogP contribution in [-0.4, -0.2) is 27.6 Å². The Balaban J connectivity index is 0.952. The quantitative estimate of drug-likeness (QED) is 0.166. The van der Waals surface area contributed by atoms with Crippen LogP contribution in [0.25, 0.3) is 43.7 Å².